The highest BCUT2D eigenvalue weighted by atomic mass is 32.2. The number of nitrogens with one attached hydrogen (secondary N) is 2. The highest BCUT2D eigenvalue weighted by Gasteiger charge is 2.14. The lowest BCUT2D eigenvalue weighted by molar-refractivity contribution is 0.578. The fourth-order valence-corrected chi connectivity index (χ4v) is 2.63. The van der Waals surface area contributed by atoms with Gasteiger partial charge in [0.2, 0.25) is 0 Å². The predicted octanol–water partition coefficient (Wildman–Crippen LogP) is 0.950. The number of nitrogens with zero attached hydrogens (tertiary/aromatic N) is 1. The molecule has 0 unspecified atom stereocenters. The second-order valence-corrected chi connectivity index (χ2v) is 5.39. The van der Waals surface area contributed by atoms with Gasteiger partial charge in [-0.1, -0.05) is 0 Å². The summed E-state index contributed by atoms with van der Waals surface area (Å²) in [6, 6.07) is 1.88. The molecule has 2 N–H and O–H groups in total. The van der Waals surface area contributed by atoms with Crippen molar-refractivity contribution in [2.45, 2.75) is 11.6 Å². The number of H-pyrrole nitrogens is 1. The molecule has 2 heterocycles. The van der Waals surface area contributed by atoms with Crippen molar-refractivity contribution < 1.29 is 8.42 Å². The van der Waals surface area contributed by atoms with Crippen LogP contribution in [-0.2, 0) is 16.6 Å². The molecule has 0 saturated carbocycles. The molecule has 0 atom stereocenters. The van der Waals surface area contributed by atoms with Gasteiger partial charge in [0.25, 0.3) is 10.0 Å². The molecule has 2 rings (SSSR count). The van der Waals surface area contributed by atoms with E-state index in [1.807, 2.05) is 16.8 Å². The Morgan fingerprint density at radius 2 is 2.40 bits per heavy atom. The van der Waals surface area contributed by atoms with Crippen molar-refractivity contribution in [3.63, 3.8) is 0 Å². The molecular weight excluding hydrogens is 234 g/mol. The monoisotopic (exact) mass is 243 g/mol. The third kappa shape index (κ3) is 2.44. The van der Waals surface area contributed by atoms with E-state index in [0.717, 1.165) is 5.56 Å². The average Bonchev–Trinajstić information content (AvgIpc) is 2.88. The lowest BCUT2D eigenvalue weighted by Gasteiger charge is -2.02. The van der Waals surface area contributed by atoms with Crippen LogP contribution >= 0.6 is 11.3 Å². The highest BCUT2D eigenvalue weighted by molar-refractivity contribution is 7.89. The van der Waals surface area contributed by atoms with Crippen LogP contribution in [0.25, 0.3) is 0 Å². The molecule has 0 saturated heterocycles. The Kier molecular flexibility index (Phi) is 2.85. The third-order valence-corrected chi connectivity index (χ3v) is 3.87. The van der Waals surface area contributed by atoms with Gasteiger partial charge in [-0.3, -0.25) is 0 Å². The number of hydrogen-bond donors (Lipinski definition) is 2. The minimum absolute atomic E-state index is 0.0812. The van der Waals surface area contributed by atoms with Crippen LogP contribution in [0, 0.1) is 0 Å². The Labute approximate surface area is 91.2 Å². The van der Waals surface area contributed by atoms with Crippen LogP contribution in [0.2, 0.25) is 0 Å². The first-order chi connectivity index (χ1) is 7.18. The Balaban J connectivity index is 2.06. The van der Waals surface area contributed by atoms with Crippen LogP contribution in [0.3, 0.4) is 0 Å². The van der Waals surface area contributed by atoms with Gasteiger partial charge in [0, 0.05) is 6.54 Å². The zero-order valence-electron chi connectivity index (χ0n) is 7.67. The summed E-state index contributed by atoms with van der Waals surface area (Å²) in [5, 5.41) is 3.88. The van der Waals surface area contributed by atoms with Crippen LogP contribution < -0.4 is 4.72 Å². The molecule has 5 nitrogen and oxygen atoms in total. The molecule has 0 fully saturated rings. The minimum Gasteiger partial charge on any atom is -0.335 e. The van der Waals surface area contributed by atoms with Crippen molar-refractivity contribution in [2.75, 3.05) is 0 Å². The van der Waals surface area contributed by atoms with Gasteiger partial charge < -0.3 is 4.98 Å². The SMILES string of the molecule is O=S(=O)(NCc1ccsc1)c1cnc[nH]1. The maximum absolute atomic E-state index is 11.6. The molecule has 80 valence electrons. The summed E-state index contributed by atoms with van der Waals surface area (Å²) in [6.07, 6.45) is 2.61. The van der Waals surface area contributed by atoms with Gasteiger partial charge in [0.15, 0.2) is 5.03 Å². The lowest BCUT2D eigenvalue weighted by atomic mass is 10.4. The summed E-state index contributed by atoms with van der Waals surface area (Å²) < 4.78 is 25.7. The number of aromatic nitrogens is 2. The standard InChI is InChI=1S/C8H9N3O2S2/c12-15(13,8-4-9-6-10-8)11-3-7-1-2-14-5-7/h1-2,4-6,11H,3H2,(H,9,10). The smallest absolute Gasteiger partial charge is 0.257 e. The number of imidazole rings is 1. The number of rotatable bonds is 4. The zero-order chi connectivity index (χ0) is 10.7. The van der Waals surface area contributed by atoms with Crippen LogP contribution in [-0.4, -0.2) is 18.4 Å². The zero-order valence-corrected chi connectivity index (χ0v) is 9.31. The first kappa shape index (κ1) is 10.3. The summed E-state index contributed by atoms with van der Waals surface area (Å²) in [4.78, 5) is 6.21. The fraction of sp³-hybridized carbons (Fsp3) is 0.125. The molecule has 2 aromatic heterocycles. The van der Waals surface area contributed by atoms with Crippen molar-refractivity contribution in [2.24, 2.45) is 0 Å². The van der Waals surface area contributed by atoms with E-state index in [4.69, 9.17) is 0 Å². The molecule has 7 heteroatoms. The molecule has 0 aliphatic rings. The van der Waals surface area contributed by atoms with E-state index in [9.17, 15) is 8.42 Å². The van der Waals surface area contributed by atoms with Crippen LogP contribution in [0.15, 0.2) is 34.4 Å². The van der Waals surface area contributed by atoms with Crippen molar-refractivity contribution in [1.82, 2.24) is 14.7 Å². The highest BCUT2D eigenvalue weighted by Crippen LogP contribution is 2.08. The topological polar surface area (TPSA) is 74.8 Å². The van der Waals surface area contributed by atoms with Crippen LogP contribution in [0.1, 0.15) is 5.56 Å². The van der Waals surface area contributed by atoms with Gasteiger partial charge in [-0.2, -0.15) is 11.3 Å². The first-order valence-corrected chi connectivity index (χ1v) is 6.60. The molecule has 0 aliphatic carbocycles. The van der Waals surface area contributed by atoms with E-state index in [0.29, 0.717) is 6.54 Å². The summed E-state index contributed by atoms with van der Waals surface area (Å²) in [7, 11) is -3.46. The number of aromatic amines is 1. The Hall–Kier alpha value is -1.18. The predicted molar refractivity (Wildman–Crippen MR) is 56.9 cm³/mol. The molecule has 0 radical (unpaired) electrons. The van der Waals surface area contributed by atoms with Gasteiger partial charge in [-0.15, -0.1) is 0 Å². The van der Waals surface area contributed by atoms with E-state index >= 15 is 0 Å². The summed E-state index contributed by atoms with van der Waals surface area (Å²) in [6.45, 7) is 0.296. The molecular formula is C8H9N3O2S2. The molecule has 0 bridgehead atoms. The van der Waals surface area contributed by atoms with Crippen molar-refractivity contribution in [3.8, 4) is 0 Å². The molecule has 0 aliphatic heterocycles. The quantitative estimate of drug-likeness (QED) is 0.839. The molecule has 0 amide bonds. The fourth-order valence-electron chi connectivity index (χ4n) is 1.04. The lowest BCUT2D eigenvalue weighted by Crippen LogP contribution is -2.23. The van der Waals surface area contributed by atoms with Crippen LogP contribution in [0.5, 0.6) is 0 Å². The summed E-state index contributed by atoms with van der Waals surface area (Å²) in [5.41, 5.74) is 0.947. The maximum atomic E-state index is 11.6. The van der Waals surface area contributed by atoms with Gasteiger partial charge in [-0.25, -0.2) is 18.1 Å². The van der Waals surface area contributed by atoms with E-state index in [1.54, 1.807) is 0 Å². The largest absolute Gasteiger partial charge is 0.335 e. The summed E-state index contributed by atoms with van der Waals surface area (Å²) in [5.74, 6) is 0. The Morgan fingerprint density at radius 3 is 3.00 bits per heavy atom. The van der Waals surface area contributed by atoms with Gasteiger partial charge in [0.1, 0.15) is 0 Å². The van der Waals surface area contributed by atoms with Crippen molar-refractivity contribution in [3.05, 3.63) is 34.9 Å². The number of thiophene rings is 1. The Morgan fingerprint density at radius 1 is 1.53 bits per heavy atom. The van der Waals surface area contributed by atoms with Crippen molar-refractivity contribution >= 4 is 21.4 Å². The third-order valence-electron chi connectivity index (χ3n) is 1.81. The molecule has 0 spiro atoms. The molecule has 15 heavy (non-hydrogen) atoms. The second kappa shape index (κ2) is 4.13. The van der Waals surface area contributed by atoms with Crippen LogP contribution in [0.4, 0.5) is 0 Å². The minimum atomic E-state index is -3.46. The Bertz CT molecular complexity index is 502. The van der Waals surface area contributed by atoms with Gasteiger partial charge in [-0.05, 0) is 22.4 Å². The summed E-state index contributed by atoms with van der Waals surface area (Å²) >= 11 is 1.53. The number of sulfonamides is 1. The van der Waals surface area contributed by atoms with E-state index in [2.05, 4.69) is 14.7 Å². The number of hydrogen-bond acceptors (Lipinski definition) is 4. The van der Waals surface area contributed by atoms with E-state index < -0.39 is 10.0 Å². The van der Waals surface area contributed by atoms with Gasteiger partial charge >= 0.3 is 0 Å². The molecule has 0 aromatic carbocycles. The van der Waals surface area contributed by atoms with E-state index in [1.165, 1.54) is 23.9 Å². The van der Waals surface area contributed by atoms with Crippen molar-refractivity contribution in [1.29, 1.82) is 0 Å². The first-order valence-electron chi connectivity index (χ1n) is 4.17. The second-order valence-electron chi connectivity index (χ2n) is 2.87. The molecule has 2 aromatic rings. The average molecular weight is 243 g/mol. The van der Waals surface area contributed by atoms with E-state index in [-0.39, 0.29) is 5.03 Å². The van der Waals surface area contributed by atoms with Gasteiger partial charge in [0.05, 0.1) is 12.5 Å². The maximum Gasteiger partial charge on any atom is 0.257 e. The normalized spacial score (nSPS) is 11.7.